The van der Waals surface area contributed by atoms with Gasteiger partial charge in [0.1, 0.15) is 0 Å². The van der Waals surface area contributed by atoms with E-state index in [0.717, 1.165) is 29.6 Å². The third kappa shape index (κ3) is 3.28. The van der Waals surface area contributed by atoms with Gasteiger partial charge in [-0.05, 0) is 90.1 Å². The molecule has 0 heterocycles. The maximum Gasteiger partial charge on any atom is -0.00418 e. The zero-order valence-electron chi connectivity index (χ0n) is 18.8. The van der Waals surface area contributed by atoms with Crippen molar-refractivity contribution in [1.82, 2.24) is 0 Å². The van der Waals surface area contributed by atoms with Gasteiger partial charge in [0.05, 0.1) is 0 Å². The quantitative estimate of drug-likeness (QED) is 0.457. The van der Waals surface area contributed by atoms with Crippen LogP contribution in [0, 0.1) is 40.4 Å². The smallest absolute Gasteiger partial charge is 0.00418 e. The number of hydrogen-bond acceptors (Lipinski definition) is 0. The van der Waals surface area contributed by atoms with E-state index >= 15 is 0 Å². The van der Waals surface area contributed by atoms with Crippen molar-refractivity contribution in [2.45, 2.75) is 105 Å². The van der Waals surface area contributed by atoms with Crippen LogP contribution in [-0.4, -0.2) is 0 Å². The molecular weight excluding hydrogens is 324 g/mol. The van der Waals surface area contributed by atoms with Gasteiger partial charge in [-0.25, -0.2) is 0 Å². The first-order valence-electron chi connectivity index (χ1n) is 12.3. The zero-order chi connectivity index (χ0) is 19.2. The molecule has 0 radical (unpaired) electrons. The van der Waals surface area contributed by atoms with Crippen LogP contribution in [0.25, 0.3) is 0 Å². The number of rotatable bonds is 5. The van der Waals surface area contributed by atoms with E-state index in [9.17, 15) is 0 Å². The van der Waals surface area contributed by atoms with Crippen LogP contribution in [0.1, 0.15) is 105 Å². The van der Waals surface area contributed by atoms with Crippen LogP contribution in [-0.2, 0) is 0 Å². The number of hydrogen-bond donors (Lipinski definition) is 0. The van der Waals surface area contributed by atoms with Crippen LogP contribution in [0.3, 0.4) is 0 Å². The molecule has 0 bridgehead atoms. The highest BCUT2D eigenvalue weighted by atomic mass is 14.6. The fourth-order valence-electron chi connectivity index (χ4n) is 7.89. The van der Waals surface area contributed by atoms with Crippen molar-refractivity contribution in [2.75, 3.05) is 0 Å². The van der Waals surface area contributed by atoms with Crippen LogP contribution in [0.2, 0.25) is 0 Å². The summed E-state index contributed by atoms with van der Waals surface area (Å²) in [5.41, 5.74) is 4.70. The summed E-state index contributed by atoms with van der Waals surface area (Å²) in [5.74, 6) is 4.46. The van der Waals surface area contributed by atoms with E-state index in [-0.39, 0.29) is 0 Å². The van der Waals surface area contributed by atoms with E-state index in [1.807, 2.05) is 11.1 Å². The molecule has 0 amide bonds. The second-order valence-corrected chi connectivity index (χ2v) is 11.6. The molecule has 0 aromatic carbocycles. The molecular formula is C27H44. The summed E-state index contributed by atoms with van der Waals surface area (Å²) in [6.45, 7) is 12.6. The Kier molecular flexibility index (Phi) is 5.41. The average molecular weight is 369 g/mol. The van der Waals surface area contributed by atoms with Gasteiger partial charge < -0.3 is 0 Å². The first kappa shape index (κ1) is 19.8. The summed E-state index contributed by atoms with van der Waals surface area (Å²) in [7, 11) is 0. The molecule has 2 fully saturated rings. The van der Waals surface area contributed by atoms with E-state index in [2.05, 4.69) is 46.8 Å². The molecule has 27 heavy (non-hydrogen) atoms. The lowest BCUT2D eigenvalue weighted by atomic mass is 9.49. The van der Waals surface area contributed by atoms with Crippen molar-refractivity contribution in [2.24, 2.45) is 40.4 Å². The van der Waals surface area contributed by atoms with Gasteiger partial charge in [-0.1, -0.05) is 78.9 Å². The molecule has 0 nitrogen and oxygen atoms in total. The molecule has 0 aromatic heterocycles. The predicted octanol–water partition coefficient (Wildman–Crippen LogP) is 8.34. The van der Waals surface area contributed by atoms with E-state index in [4.69, 9.17) is 0 Å². The minimum Gasteiger partial charge on any atom is -0.0804 e. The van der Waals surface area contributed by atoms with Crippen molar-refractivity contribution in [3.8, 4) is 0 Å². The van der Waals surface area contributed by atoms with Gasteiger partial charge >= 0.3 is 0 Å². The van der Waals surface area contributed by atoms with Gasteiger partial charge in [0.15, 0.2) is 0 Å². The Morgan fingerprint density at radius 1 is 0.963 bits per heavy atom. The monoisotopic (exact) mass is 368 g/mol. The molecule has 4 aliphatic carbocycles. The van der Waals surface area contributed by atoms with Crippen molar-refractivity contribution in [3.63, 3.8) is 0 Å². The summed E-state index contributed by atoms with van der Waals surface area (Å²) >= 11 is 0. The maximum absolute atomic E-state index is 2.72. The molecule has 0 aromatic rings. The normalized spacial score (nSPS) is 42.1. The third-order valence-corrected chi connectivity index (χ3v) is 9.65. The Bertz CT molecular complexity index is 608. The summed E-state index contributed by atoms with van der Waals surface area (Å²) in [6.07, 6.45) is 21.2. The predicted molar refractivity (Wildman–Crippen MR) is 118 cm³/mol. The molecule has 152 valence electrons. The highest BCUT2D eigenvalue weighted by Gasteiger charge is 2.54. The molecule has 0 saturated heterocycles. The summed E-state index contributed by atoms with van der Waals surface area (Å²) < 4.78 is 0. The molecule has 0 spiro atoms. The first-order chi connectivity index (χ1) is 12.9. The number of fused-ring (bicyclic) bond motifs is 5. The molecule has 0 aliphatic heterocycles. The van der Waals surface area contributed by atoms with Crippen molar-refractivity contribution >= 4 is 0 Å². The van der Waals surface area contributed by atoms with Crippen LogP contribution in [0.4, 0.5) is 0 Å². The molecule has 4 rings (SSSR count). The maximum atomic E-state index is 2.72. The largest absolute Gasteiger partial charge is 0.0804 e. The number of allylic oxidation sites excluding steroid dienone is 4. The Morgan fingerprint density at radius 2 is 1.78 bits per heavy atom. The lowest BCUT2D eigenvalue weighted by Crippen LogP contribution is -2.46. The van der Waals surface area contributed by atoms with Gasteiger partial charge in [-0.2, -0.15) is 0 Å². The molecule has 6 atom stereocenters. The fraction of sp³-hybridized carbons (Fsp3) is 0.852. The van der Waals surface area contributed by atoms with Crippen LogP contribution >= 0.6 is 0 Å². The zero-order valence-corrected chi connectivity index (χ0v) is 18.8. The van der Waals surface area contributed by atoms with Crippen molar-refractivity contribution in [3.05, 3.63) is 23.3 Å². The van der Waals surface area contributed by atoms with E-state index < -0.39 is 0 Å². The lowest BCUT2D eigenvalue weighted by molar-refractivity contribution is 0.0243. The van der Waals surface area contributed by atoms with Crippen LogP contribution < -0.4 is 0 Å². The fourth-order valence-corrected chi connectivity index (χ4v) is 7.89. The second-order valence-electron chi connectivity index (χ2n) is 11.6. The van der Waals surface area contributed by atoms with Crippen molar-refractivity contribution in [1.29, 1.82) is 0 Å². The molecule has 0 heteroatoms. The molecule has 4 aliphatic rings. The Labute approximate surface area is 169 Å². The highest BCUT2D eigenvalue weighted by molar-refractivity contribution is 5.46. The third-order valence-electron chi connectivity index (χ3n) is 9.65. The van der Waals surface area contributed by atoms with Crippen molar-refractivity contribution < 1.29 is 0 Å². The summed E-state index contributed by atoms with van der Waals surface area (Å²) in [4.78, 5) is 0. The summed E-state index contributed by atoms with van der Waals surface area (Å²) in [5, 5.41) is 0. The minimum atomic E-state index is 0.470. The minimum absolute atomic E-state index is 0.470. The van der Waals surface area contributed by atoms with E-state index in [0.29, 0.717) is 10.8 Å². The second kappa shape index (κ2) is 7.38. The van der Waals surface area contributed by atoms with Gasteiger partial charge in [0.2, 0.25) is 0 Å². The Hall–Kier alpha value is -0.520. The van der Waals surface area contributed by atoms with Gasteiger partial charge in [0, 0.05) is 0 Å². The SMILES string of the molecule is CC(C)CCC[C@@H](C)[C@H]1CC=C2C3=CCC4CCCC[C@]4(C)[C@H]3CC[C@@]21C. The Balaban J connectivity index is 1.52. The van der Waals surface area contributed by atoms with Gasteiger partial charge in [0.25, 0.3) is 0 Å². The topological polar surface area (TPSA) is 0 Å². The molecule has 0 N–H and O–H groups in total. The summed E-state index contributed by atoms with van der Waals surface area (Å²) in [6, 6.07) is 0. The standard InChI is InChI=1S/C27H44/c1-19(2)9-8-10-20(3)23-14-15-24-22-13-12-21-11-6-7-17-26(21,4)25(22)16-18-27(23,24)5/h13,15,19-21,23,25H,6-12,14,16-18H2,1-5H3/t20-,21?,23-,25+,26+,27-/m1/s1. The van der Waals surface area contributed by atoms with Crippen LogP contribution in [0.5, 0.6) is 0 Å². The highest BCUT2D eigenvalue weighted by Crippen LogP contribution is 2.65. The van der Waals surface area contributed by atoms with E-state index in [1.54, 1.807) is 0 Å². The lowest BCUT2D eigenvalue weighted by Gasteiger charge is -2.56. The van der Waals surface area contributed by atoms with Gasteiger partial charge in [-0.3, -0.25) is 0 Å². The van der Waals surface area contributed by atoms with E-state index in [1.165, 1.54) is 70.6 Å². The van der Waals surface area contributed by atoms with Crippen LogP contribution in [0.15, 0.2) is 23.3 Å². The average Bonchev–Trinajstić information content (AvgIpc) is 2.98. The van der Waals surface area contributed by atoms with Gasteiger partial charge in [-0.15, -0.1) is 0 Å². The molecule has 1 unspecified atom stereocenters. The first-order valence-corrected chi connectivity index (χ1v) is 12.3. The molecule has 2 saturated carbocycles. The Morgan fingerprint density at radius 3 is 2.56 bits per heavy atom.